The molecule has 1 heterocycles. The van der Waals surface area contributed by atoms with Crippen molar-refractivity contribution in [3.05, 3.63) is 70.4 Å². The summed E-state index contributed by atoms with van der Waals surface area (Å²) in [4.78, 5) is 12.5. The van der Waals surface area contributed by atoms with Crippen molar-refractivity contribution in [2.24, 2.45) is 7.05 Å². The van der Waals surface area contributed by atoms with E-state index < -0.39 is 0 Å². The first-order valence-corrected chi connectivity index (χ1v) is 7.87. The molecule has 0 saturated carbocycles. The summed E-state index contributed by atoms with van der Waals surface area (Å²) in [5.74, 6) is -0.0314. The molecule has 0 aliphatic rings. The Morgan fingerprint density at radius 2 is 1.83 bits per heavy atom. The zero-order valence-corrected chi connectivity index (χ0v) is 14.1. The van der Waals surface area contributed by atoms with Gasteiger partial charge in [-0.1, -0.05) is 24.3 Å². The summed E-state index contributed by atoms with van der Waals surface area (Å²) in [6.07, 6.45) is 0. The lowest BCUT2D eigenvalue weighted by molar-refractivity contribution is 0.0951. The number of nitrogens with zero attached hydrogens (tertiary/aromatic N) is 1. The van der Waals surface area contributed by atoms with Gasteiger partial charge in [0.15, 0.2) is 0 Å². The molecule has 3 rings (SSSR count). The molecule has 1 N–H and O–H groups in total. The highest BCUT2D eigenvalue weighted by Crippen LogP contribution is 2.25. The van der Waals surface area contributed by atoms with E-state index in [1.54, 1.807) is 0 Å². The molecule has 0 fully saturated rings. The molecule has 0 bridgehead atoms. The fraction of sp³-hybridized carbons (Fsp3) is 0.250. The highest BCUT2D eigenvalue weighted by Gasteiger charge is 2.12. The standard InChI is InChI=1S/C20H22N2O/c1-13-7-5-6-8-17(13)12-21-20(23)16-9-10-19-18(11-16)14(2)15(3)22(19)4/h5-11H,12H2,1-4H3,(H,21,23). The van der Waals surface area contributed by atoms with Crippen LogP contribution in [0.3, 0.4) is 0 Å². The quantitative estimate of drug-likeness (QED) is 0.778. The second-order valence-corrected chi connectivity index (χ2v) is 6.11. The zero-order valence-electron chi connectivity index (χ0n) is 14.1. The van der Waals surface area contributed by atoms with Gasteiger partial charge in [0.05, 0.1) is 0 Å². The minimum atomic E-state index is -0.0314. The molecule has 0 spiro atoms. The summed E-state index contributed by atoms with van der Waals surface area (Å²) in [6, 6.07) is 14.0. The number of benzene rings is 2. The van der Waals surface area contributed by atoms with E-state index >= 15 is 0 Å². The van der Waals surface area contributed by atoms with E-state index in [-0.39, 0.29) is 5.91 Å². The zero-order chi connectivity index (χ0) is 16.6. The van der Waals surface area contributed by atoms with Gasteiger partial charge in [-0.05, 0) is 55.7 Å². The predicted octanol–water partition coefficient (Wildman–Crippen LogP) is 4.03. The third-order valence-corrected chi connectivity index (χ3v) is 4.77. The SMILES string of the molecule is Cc1ccccc1CNC(=O)c1ccc2c(c1)c(C)c(C)n2C. The number of hydrogen-bond acceptors (Lipinski definition) is 1. The Hall–Kier alpha value is -2.55. The van der Waals surface area contributed by atoms with Crippen molar-refractivity contribution in [2.45, 2.75) is 27.3 Å². The molecule has 1 amide bonds. The molecular formula is C20H22N2O. The third-order valence-electron chi connectivity index (χ3n) is 4.77. The lowest BCUT2D eigenvalue weighted by Crippen LogP contribution is -2.23. The normalized spacial score (nSPS) is 11.0. The molecule has 3 nitrogen and oxygen atoms in total. The van der Waals surface area contributed by atoms with Crippen LogP contribution in [0.5, 0.6) is 0 Å². The van der Waals surface area contributed by atoms with Crippen molar-refractivity contribution < 1.29 is 4.79 Å². The highest BCUT2D eigenvalue weighted by atomic mass is 16.1. The molecule has 0 radical (unpaired) electrons. The monoisotopic (exact) mass is 306 g/mol. The summed E-state index contributed by atoms with van der Waals surface area (Å²) in [5.41, 5.74) is 6.68. The van der Waals surface area contributed by atoms with Crippen molar-refractivity contribution >= 4 is 16.8 Å². The lowest BCUT2D eigenvalue weighted by atomic mass is 10.1. The Kier molecular flexibility index (Phi) is 3.95. The van der Waals surface area contributed by atoms with Gasteiger partial charge in [-0.3, -0.25) is 4.79 Å². The van der Waals surface area contributed by atoms with Gasteiger partial charge in [-0.25, -0.2) is 0 Å². The van der Waals surface area contributed by atoms with Crippen molar-refractivity contribution in [3.8, 4) is 0 Å². The molecule has 0 saturated heterocycles. The Morgan fingerprint density at radius 3 is 2.57 bits per heavy atom. The lowest BCUT2D eigenvalue weighted by Gasteiger charge is -2.08. The summed E-state index contributed by atoms with van der Waals surface area (Å²) >= 11 is 0. The van der Waals surface area contributed by atoms with E-state index in [1.165, 1.54) is 16.8 Å². The van der Waals surface area contributed by atoms with Crippen molar-refractivity contribution in [2.75, 3.05) is 0 Å². The summed E-state index contributed by atoms with van der Waals surface area (Å²) < 4.78 is 2.17. The number of aryl methyl sites for hydroxylation is 3. The molecule has 0 unspecified atom stereocenters. The van der Waals surface area contributed by atoms with Gasteiger partial charge in [0.25, 0.3) is 5.91 Å². The van der Waals surface area contributed by atoms with Gasteiger partial charge >= 0.3 is 0 Å². The Balaban J connectivity index is 1.84. The van der Waals surface area contributed by atoms with Crippen LogP contribution in [0.1, 0.15) is 32.7 Å². The smallest absolute Gasteiger partial charge is 0.251 e. The fourth-order valence-corrected chi connectivity index (χ4v) is 2.98. The molecule has 3 heteroatoms. The van der Waals surface area contributed by atoms with E-state index in [2.05, 4.69) is 43.8 Å². The second-order valence-electron chi connectivity index (χ2n) is 6.11. The Bertz CT molecular complexity index is 890. The number of amides is 1. The first kappa shape index (κ1) is 15.3. The number of nitrogens with one attached hydrogen (secondary N) is 1. The van der Waals surface area contributed by atoms with Crippen molar-refractivity contribution in [1.82, 2.24) is 9.88 Å². The number of carbonyl (C=O) groups is 1. The van der Waals surface area contributed by atoms with Crippen LogP contribution in [0.15, 0.2) is 42.5 Å². The topological polar surface area (TPSA) is 34.0 Å². The van der Waals surface area contributed by atoms with E-state index in [4.69, 9.17) is 0 Å². The van der Waals surface area contributed by atoms with Crippen LogP contribution >= 0.6 is 0 Å². The highest BCUT2D eigenvalue weighted by molar-refractivity contribution is 5.99. The Morgan fingerprint density at radius 1 is 1.09 bits per heavy atom. The van der Waals surface area contributed by atoms with Crippen LogP contribution in [-0.4, -0.2) is 10.5 Å². The first-order valence-electron chi connectivity index (χ1n) is 7.87. The molecule has 0 aliphatic heterocycles. The van der Waals surface area contributed by atoms with Crippen molar-refractivity contribution in [3.63, 3.8) is 0 Å². The number of carbonyl (C=O) groups excluding carboxylic acids is 1. The first-order chi connectivity index (χ1) is 11.0. The number of rotatable bonds is 3. The minimum Gasteiger partial charge on any atom is -0.348 e. The molecule has 1 aromatic heterocycles. The number of hydrogen-bond donors (Lipinski definition) is 1. The third kappa shape index (κ3) is 2.74. The molecule has 0 atom stereocenters. The maximum absolute atomic E-state index is 12.5. The minimum absolute atomic E-state index is 0.0314. The van der Waals surface area contributed by atoms with Gasteiger partial charge in [-0.2, -0.15) is 0 Å². The molecule has 2 aromatic carbocycles. The van der Waals surface area contributed by atoms with E-state index in [1.807, 2.05) is 36.4 Å². The molecule has 0 aliphatic carbocycles. The largest absolute Gasteiger partial charge is 0.348 e. The van der Waals surface area contributed by atoms with E-state index in [0.717, 1.165) is 16.5 Å². The van der Waals surface area contributed by atoms with Crippen LogP contribution in [0, 0.1) is 20.8 Å². The summed E-state index contributed by atoms with van der Waals surface area (Å²) in [6.45, 7) is 6.82. The van der Waals surface area contributed by atoms with Crippen LogP contribution in [0.4, 0.5) is 0 Å². The van der Waals surface area contributed by atoms with Crippen LogP contribution in [0.25, 0.3) is 10.9 Å². The summed E-state index contributed by atoms with van der Waals surface area (Å²) in [7, 11) is 2.06. The van der Waals surface area contributed by atoms with Crippen LogP contribution in [-0.2, 0) is 13.6 Å². The maximum Gasteiger partial charge on any atom is 0.251 e. The van der Waals surface area contributed by atoms with Crippen LogP contribution < -0.4 is 5.32 Å². The van der Waals surface area contributed by atoms with Gasteiger partial charge in [0, 0.05) is 35.8 Å². The number of fused-ring (bicyclic) bond motifs is 1. The number of aromatic nitrogens is 1. The molecule has 3 aromatic rings. The average Bonchev–Trinajstić information content (AvgIpc) is 2.78. The molecular weight excluding hydrogens is 284 g/mol. The fourth-order valence-electron chi connectivity index (χ4n) is 2.98. The molecule has 118 valence electrons. The van der Waals surface area contributed by atoms with Crippen molar-refractivity contribution in [1.29, 1.82) is 0 Å². The van der Waals surface area contributed by atoms with Crippen LogP contribution in [0.2, 0.25) is 0 Å². The molecule has 23 heavy (non-hydrogen) atoms. The van der Waals surface area contributed by atoms with E-state index in [9.17, 15) is 4.79 Å². The Labute approximate surface area is 136 Å². The summed E-state index contributed by atoms with van der Waals surface area (Å²) in [5, 5.41) is 4.16. The maximum atomic E-state index is 12.5. The van der Waals surface area contributed by atoms with Gasteiger partial charge in [0.2, 0.25) is 0 Å². The van der Waals surface area contributed by atoms with E-state index in [0.29, 0.717) is 12.1 Å². The van der Waals surface area contributed by atoms with Gasteiger partial charge < -0.3 is 9.88 Å². The van der Waals surface area contributed by atoms with Gasteiger partial charge in [-0.15, -0.1) is 0 Å². The predicted molar refractivity (Wildman–Crippen MR) is 94.7 cm³/mol. The second kappa shape index (κ2) is 5.92. The average molecular weight is 306 g/mol. The van der Waals surface area contributed by atoms with Gasteiger partial charge in [0.1, 0.15) is 0 Å².